The molecule has 6 heteroatoms. The lowest BCUT2D eigenvalue weighted by molar-refractivity contribution is 0.468. The Labute approximate surface area is 96.0 Å². The molecule has 0 saturated heterocycles. The predicted octanol–water partition coefficient (Wildman–Crippen LogP) is 2.44. The molecule has 0 unspecified atom stereocenters. The first-order chi connectivity index (χ1) is 8.17. The maximum absolute atomic E-state index is 12.9. The fourth-order valence-corrected chi connectivity index (χ4v) is 1.28. The number of aromatic nitrogens is 1. The van der Waals surface area contributed by atoms with E-state index in [0.717, 1.165) is 18.2 Å². The van der Waals surface area contributed by atoms with Gasteiger partial charge in [0, 0.05) is 30.5 Å². The Bertz CT molecular complexity index is 514. The quantitative estimate of drug-likeness (QED) is 0.635. The maximum atomic E-state index is 12.9. The largest absolute Gasteiger partial charge is 0.457 e. The average Bonchev–Trinajstić information content (AvgIpc) is 2.28. The van der Waals surface area contributed by atoms with Crippen LogP contribution in [0.4, 0.5) is 14.6 Å². The Morgan fingerprint density at radius 2 is 1.76 bits per heavy atom. The number of halogens is 2. The number of ether oxygens (including phenoxy) is 1. The average molecular weight is 237 g/mol. The van der Waals surface area contributed by atoms with Gasteiger partial charge in [0.1, 0.15) is 29.0 Å². The zero-order valence-electron chi connectivity index (χ0n) is 8.65. The molecule has 1 aromatic carbocycles. The number of hydrogen-bond donors (Lipinski definition) is 2. The second kappa shape index (κ2) is 4.75. The molecule has 0 amide bonds. The minimum atomic E-state index is -0.703. The number of nitrogen functional groups attached to an aromatic ring is 1. The van der Waals surface area contributed by atoms with E-state index in [1.807, 2.05) is 0 Å². The van der Waals surface area contributed by atoms with Crippen molar-refractivity contribution < 1.29 is 13.5 Å². The van der Waals surface area contributed by atoms with Crippen LogP contribution in [0, 0.1) is 11.6 Å². The number of rotatable bonds is 3. The van der Waals surface area contributed by atoms with Crippen LogP contribution in [-0.4, -0.2) is 4.98 Å². The Morgan fingerprint density at radius 3 is 2.41 bits per heavy atom. The first-order valence-corrected chi connectivity index (χ1v) is 4.74. The molecular formula is C11H9F2N3O. The van der Waals surface area contributed by atoms with Crippen molar-refractivity contribution in [3.63, 3.8) is 0 Å². The SMILES string of the molecule is NNc1cc(Oc2cc(F)cc(F)c2)ccn1. The van der Waals surface area contributed by atoms with Crippen LogP contribution in [0.15, 0.2) is 36.5 Å². The van der Waals surface area contributed by atoms with Gasteiger partial charge in [0.15, 0.2) is 0 Å². The van der Waals surface area contributed by atoms with Crippen LogP contribution in [0.5, 0.6) is 11.5 Å². The van der Waals surface area contributed by atoms with Crippen molar-refractivity contribution in [3.05, 3.63) is 48.2 Å². The van der Waals surface area contributed by atoms with E-state index >= 15 is 0 Å². The maximum Gasteiger partial charge on any atom is 0.143 e. The molecule has 0 radical (unpaired) electrons. The normalized spacial score (nSPS) is 10.1. The topological polar surface area (TPSA) is 60.2 Å². The molecule has 88 valence electrons. The van der Waals surface area contributed by atoms with E-state index in [2.05, 4.69) is 10.4 Å². The van der Waals surface area contributed by atoms with Gasteiger partial charge in [-0.1, -0.05) is 0 Å². The summed E-state index contributed by atoms with van der Waals surface area (Å²) in [5.41, 5.74) is 2.34. The fraction of sp³-hybridized carbons (Fsp3) is 0. The molecule has 0 aliphatic heterocycles. The molecule has 0 spiro atoms. The molecule has 0 fully saturated rings. The van der Waals surface area contributed by atoms with Gasteiger partial charge in [-0.3, -0.25) is 0 Å². The lowest BCUT2D eigenvalue weighted by atomic mass is 10.3. The molecule has 1 aromatic heterocycles. The molecule has 17 heavy (non-hydrogen) atoms. The van der Waals surface area contributed by atoms with Gasteiger partial charge in [0.2, 0.25) is 0 Å². The third-order valence-corrected chi connectivity index (χ3v) is 1.95. The molecule has 0 bridgehead atoms. The monoisotopic (exact) mass is 237 g/mol. The standard InChI is InChI=1S/C11H9F2N3O/c12-7-3-8(13)5-10(4-7)17-9-1-2-15-11(6-9)16-14/h1-6H,14H2,(H,15,16). The number of nitrogens with zero attached hydrogens (tertiary/aromatic N) is 1. The minimum Gasteiger partial charge on any atom is -0.457 e. The number of hydrazine groups is 1. The fourth-order valence-electron chi connectivity index (χ4n) is 1.28. The second-order valence-electron chi connectivity index (χ2n) is 3.23. The molecule has 0 aliphatic carbocycles. The van der Waals surface area contributed by atoms with E-state index in [1.54, 1.807) is 6.07 Å². The molecule has 2 aromatic rings. The molecule has 2 rings (SSSR count). The van der Waals surface area contributed by atoms with Crippen molar-refractivity contribution in [1.82, 2.24) is 4.98 Å². The van der Waals surface area contributed by atoms with E-state index < -0.39 is 11.6 Å². The van der Waals surface area contributed by atoms with Crippen molar-refractivity contribution in [1.29, 1.82) is 0 Å². The van der Waals surface area contributed by atoms with E-state index in [4.69, 9.17) is 10.6 Å². The summed E-state index contributed by atoms with van der Waals surface area (Å²) < 4.78 is 31.1. The Kier molecular flexibility index (Phi) is 3.15. The van der Waals surface area contributed by atoms with Gasteiger partial charge < -0.3 is 10.2 Å². The van der Waals surface area contributed by atoms with E-state index in [9.17, 15) is 8.78 Å². The predicted molar refractivity (Wildman–Crippen MR) is 58.5 cm³/mol. The number of nitrogens with two attached hydrogens (primary N) is 1. The van der Waals surface area contributed by atoms with Crippen molar-refractivity contribution in [3.8, 4) is 11.5 Å². The summed E-state index contributed by atoms with van der Waals surface area (Å²) in [5, 5.41) is 0. The summed E-state index contributed by atoms with van der Waals surface area (Å²) in [6.45, 7) is 0. The first-order valence-electron chi connectivity index (χ1n) is 4.74. The lowest BCUT2D eigenvalue weighted by Gasteiger charge is -2.07. The lowest BCUT2D eigenvalue weighted by Crippen LogP contribution is -2.08. The highest BCUT2D eigenvalue weighted by Crippen LogP contribution is 2.24. The third kappa shape index (κ3) is 2.88. The summed E-state index contributed by atoms with van der Waals surface area (Å²) in [4.78, 5) is 3.87. The van der Waals surface area contributed by atoms with Gasteiger partial charge in [0.25, 0.3) is 0 Å². The minimum absolute atomic E-state index is 0.0664. The number of anilines is 1. The van der Waals surface area contributed by atoms with E-state index in [-0.39, 0.29) is 5.75 Å². The van der Waals surface area contributed by atoms with Crippen molar-refractivity contribution >= 4 is 5.82 Å². The van der Waals surface area contributed by atoms with Gasteiger partial charge in [0.05, 0.1) is 0 Å². The van der Waals surface area contributed by atoms with Crippen LogP contribution >= 0.6 is 0 Å². The zero-order chi connectivity index (χ0) is 12.3. The van der Waals surface area contributed by atoms with E-state index in [0.29, 0.717) is 11.6 Å². The number of nitrogens with one attached hydrogen (secondary N) is 1. The molecular weight excluding hydrogens is 228 g/mol. The van der Waals surface area contributed by atoms with Crippen LogP contribution in [0.25, 0.3) is 0 Å². The van der Waals surface area contributed by atoms with Crippen LogP contribution in [0.3, 0.4) is 0 Å². The summed E-state index contributed by atoms with van der Waals surface area (Å²) >= 11 is 0. The number of hydrogen-bond acceptors (Lipinski definition) is 4. The van der Waals surface area contributed by atoms with E-state index in [1.165, 1.54) is 12.3 Å². The molecule has 1 heterocycles. The van der Waals surface area contributed by atoms with Crippen LogP contribution in [0.2, 0.25) is 0 Å². The molecule has 0 aliphatic rings. The highest BCUT2D eigenvalue weighted by atomic mass is 19.1. The summed E-state index contributed by atoms with van der Waals surface area (Å²) in [6, 6.07) is 5.98. The molecule has 3 N–H and O–H groups in total. The number of pyridine rings is 1. The molecule has 0 atom stereocenters. The van der Waals surface area contributed by atoms with Gasteiger partial charge in [-0.15, -0.1) is 0 Å². The van der Waals surface area contributed by atoms with Gasteiger partial charge in [-0.05, 0) is 6.07 Å². The molecule has 4 nitrogen and oxygen atoms in total. The van der Waals surface area contributed by atoms with Gasteiger partial charge in [-0.2, -0.15) is 0 Å². The van der Waals surface area contributed by atoms with Crippen LogP contribution < -0.4 is 16.0 Å². The smallest absolute Gasteiger partial charge is 0.143 e. The van der Waals surface area contributed by atoms with Gasteiger partial charge >= 0.3 is 0 Å². The van der Waals surface area contributed by atoms with Gasteiger partial charge in [-0.25, -0.2) is 19.6 Å². The first kappa shape index (κ1) is 11.3. The summed E-state index contributed by atoms with van der Waals surface area (Å²) in [5.74, 6) is 4.59. The van der Waals surface area contributed by atoms with Crippen molar-refractivity contribution in [2.75, 3.05) is 5.43 Å². The van der Waals surface area contributed by atoms with Crippen molar-refractivity contribution in [2.45, 2.75) is 0 Å². The van der Waals surface area contributed by atoms with Crippen LogP contribution in [0.1, 0.15) is 0 Å². The third-order valence-electron chi connectivity index (χ3n) is 1.95. The zero-order valence-corrected chi connectivity index (χ0v) is 8.65. The van der Waals surface area contributed by atoms with Crippen molar-refractivity contribution in [2.24, 2.45) is 5.84 Å². The summed E-state index contributed by atoms with van der Waals surface area (Å²) in [7, 11) is 0. The Morgan fingerprint density at radius 1 is 1.06 bits per heavy atom. The summed E-state index contributed by atoms with van der Waals surface area (Å²) in [6.07, 6.45) is 1.46. The van der Waals surface area contributed by atoms with Crippen LogP contribution in [-0.2, 0) is 0 Å². The highest BCUT2D eigenvalue weighted by molar-refractivity contribution is 5.41. The number of benzene rings is 1. The molecule has 0 saturated carbocycles. The Hall–Kier alpha value is -2.21. The Balaban J connectivity index is 2.24. The highest BCUT2D eigenvalue weighted by Gasteiger charge is 2.03. The second-order valence-corrected chi connectivity index (χ2v) is 3.23.